The molecule has 0 fully saturated rings. The molecule has 0 unspecified atom stereocenters. The van der Waals surface area contributed by atoms with E-state index in [0.29, 0.717) is 22.4 Å². The molecular formula is C10H9ClN4. The zero-order valence-electron chi connectivity index (χ0n) is 8.18. The minimum Gasteiger partial charge on any atom is -0.261 e. The van der Waals surface area contributed by atoms with Crippen molar-refractivity contribution in [2.75, 3.05) is 0 Å². The van der Waals surface area contributed by atoms with Gasteiger partial charge < -0.3 is 0 Å². The Morgan fingerprint density at radius 1 is 1.20 bits per heavy atom. The fourth-order valence-corrected chi connectivity index (χ4v) is 1.39. The fourth-order valence-electron chi connectivity index (χ4n) is 1.19. The standard InChI is InChI=1S/C10H9ClN4/c1-2-10-14-7(5-9(11)15-10)8-6-12-3-4-13-8/h3-6H,2H2,1H3. The SMILES string of the molecule is CCc1nc(Cl)cc(-c2cnccn2)n1. The number of rotatable bonds is 2. The van der Waals surface area contributed by atoms with E-state index in [4.69, 9.17) is 11.6 Å². The van der Waals surface area contributed by atoms with Crippen LogP contribution < -0.4 is 0 Å². The number of hydrogen-bond donors (Lipinski definition) is 0. The molecule has 0 aliphatic heterocycles. The summed E-state index contributed by atoms with van der Waals surface area (Å²) in [5.41, 5.74) is 1.41. The average molecular weight is 221 g/mol. The maximum Gasteiger partial charge on any atom is 0.133 e. The summed E-state index contributed by atoms with van der Waals surface area (Å²) >= 11 is 5.88. The maximum absolute atomic E-state index is 5.88. The van der Waals surface area contributed by atoms with Gasteiger partial charge in [-0.1, -0.05) is 18.5 Å². The lowest BCUT2D eigenvalue weighted by Crippen LogP contribution is -1.96. The minimum atomic E-state index is 0.433. The van der Waals surface area contributed by atoms with E-state index in [0.717, 1.165) is 6.42 Å². The molecule has 2 heterocycles. The van der Waals surface area contributed by atoms with E-state index in [9.17, 15) is 0 Å². The Labute approximate surface area is 92.4 Å². The quantitative estimate of drug-likeness (QED) is 0.728. The Kier molecular flexibility index (Phi) is 2.87. The molecule has 0 atom stereocenters. The molecule has 0 saturated heterocycles. The first kappa shape index (κ1) is 9.98. The molecule has 0 bridgehead atoms. The second-order valence-corrected chi connectivity index (χ2v) is 3.32. The van der Waals surface area contributed by atoms with Crippen molar-refractivity contribution in [3.8, 4) is 11.4 Å². The van der Waals surface area contributed by atoms with Gasteiger partial charge in [0.25, 0.3) is 0 Å². The number of halogens is 1. The van der Waals surface area contributed by atoms with E-state index in [1.54, 1.807) is 24.7 Å². The third-order valence-electron chi connectivity index (χ3n) is 1.88. The van der Waals surface area contributed by atoms with Gasteiger partial charge in [0.1, 0.15) is 16.7 Å². The summed E-state index contributed by atoms with van der Waals surface area (Å²) in [7, 11) is 0. The summed E-state index contributed by atoms with van der Waals surface area (Å²) in [6.45, 7) is 1.98. The van der Waals surface area contributed by atoms with Gasteiger partial charge in [-0.15, -0.1) is 0 Å². The molecule has 0 spiro atoms. The third-order valence-corrected chi connectivity index (χ3v) is 2.08. The predicted octanol–water partition coefficient (Wildman–Crippen LogP) is 2.15. The number of aryl methyl sites for hydroxylation is 1. The topological polar surface area (TPSA) is 51.6 Å². The van der Waals surface area contributed by atoms with Gasteiger partial charge in [0.05, 0.1) is 11.9 Å². The van der Waals surface area contributed by atoms with Gasteiger partial charge in [0.2, 0.25) is 0 Å². The van der Waals surface area contributed by atoms with Crippen LogP contribution in [0.1, 0.15) is 12.7 Å². The van der Waals surface area contributed by atoms with Crippen LogP contribution >= 0.6 is 11.6 Å². The molecule has 2 rings (SSSR count). The summed E-state index contributed by atoms with van der Waals surface area (Å²) in [5.74, 6) is 0.711. The average Bonchev–Trinajstić information content (AvgIpc) is 2.29. The monoisotopic (exact) mass is 220 g/mol. The number of hydrogen-bond acceptors (Lipinski definition) is 4. The van der Waals surface area contributed by atoms with Crippen LogP contribution in [0.25, 0.3) is 11.4 Å². The first-order valence-corrected chi connectivity index (χ1v) is 4.97. The first-order valence-electron chi connectivity index (χ1n) is 4.59. The van der Waals surface area contributed by atoms with E-state index in [-0.39, 0.29) is 0 Å². The summed E-state index contributed by atoms with van der Waals surface area (Å²) in [6.07, 6.45) is 5.63. The Balaban J connectivity index is 2.49. The smallest absolute Gasteiger partial charge is 0.133 e. The Morgan fingerprint density at radius 3 is 2.73 bits per heavy atom. The largest absolute Gasteiger partial charge is 0.261 e. The van der Waals surface area contributed by atoms with Crippen LogP contribution in [0.3, 0.4) is 0 Å². The summed E-state index contributed by atoms with van der Waals surface area (Å²) in [4.78, 5) is 16.5. The van der Waals surface area contributed by atoms with Crippen LogP contribution in [0.15, 0.2) is 24.7 Å². The maximum atomic E-state index is 5.88. The molecule has 5 heteroatoms. The Morgan fingerprint density at radius 2 is 2.07 bits per heavy atom. The zero-order valence-corrected chi connectivity index (χ0v) is 8.94. The molecule has 2 aromatic rings. The van der Waals surface area contributed by atoms with Crippen molar-refractivity contribution >= 4 is 11.6 Å². The molecule has 0 aliphatic rings. The molecule has 15 heavy (non-hydrogen) atoms. The van der Waals surface area contributed by atoms with Gasteiger partial charge in [-0.3, -0.25) is 9.97 Å². The van der Waals surface area contributed by atoms with Gasteiger partial charge >= 0.3 is 0 Å². The molecule has 0 aliphatic carbocycles. The molecule has 2 aromatic heterocycles. The lowest BCUT2D eigenvalue weighted by Gasteiger charge is -2.02. The van der Waals surface area contributed by atoms with Crippen molar-refractivity contribution < 1.29 is 0 Å². The predicted molar refractivity (Wildman–Crippen MR) is 57.4 cm³/mol. The highest BCUT2D eigenvalue weighted by molar-refractivity contribution is 6.29. The molecule has 0 radical (unpaired) electrons. The van der Waals surface area contributed by atoms with E-state index in [2.05, 4.69) is 19.9 Å². The zero-order chi connectivity index (χ0) is 10.7. The fraction of sp³-hybridized carbons (Fsp3) is 0.200. The van der Waals surface area contributed by atoms with Crippen LogP contribution in [0.4, 0.5) is 0 Å². The highest BCUT2D eigenvalue weighted by Crippen LogP contribution is 2.16. The minimum absolute atomic E-state index is 0.433. The van der Waals surface area contributed by atoms with E-state index < -0.39 is 0 Å². The van der Waals surface area contributed by atoms with Crippen molar-refractivity contribution in [1.29, 1.82) is 0 Å². The van der Waals surface area contributed by atoms with E-state index in [1.807, 2.05) is 6.92 Å². The third kappa shape index (κ3) is 2.27. The molecule has 0 amide bonds. The summed E-state index contributed by atoms with van der Waals surface area (Å²) < 4.78 is 0. The van der Waals surface area contributed by atoms with Crippen molar-refractivity contribution in [1.82, 2.24) is 19.9 Å². The molecule has 0 aromatic carbocycles. The highest BCUT2D eigenvalue weighted by Gasteiger charge is 2.05. The van der Waals surface area contributed by atoms with Crippen LogP contribution in [0, 0.1) is 0 Å². The number of nitrogens with zero attached hydrogens (tertiary/aromatic N) is 4. The van der Waals surface area contributed by atoms with Gasteiger partial charge in [-0.25, -0.2) is 9.97 Å². The van der Waals surface area contributed by atoms with E-state index >= 15 is 0 Å². The van der Waals surface area contributed by atoms with Crippen LogP contribution in [-0.4, -0.2) is 19.9 Å². The second kappa shape index (κ2) is 4.31. The molecule has 0 saturated carbocycles. The summed E-state index contributed by atoms with van der Waals surface area (Å²) in [5, 5.41) is 0.433. The van der Waals surface area contributed by atoms with Crippen molar-refractivity contribution in [3.63, 3.8) is 0 Å². The van der Waals surface area contributed by atoms with Crippen LogP contribution in [-0.2, 0) is 6.42 Å². The second-order valence-electron chi connectivity index (χ2n) is 2.94. The number of aromatic nitrogens is 4. The summed E-state index contributed by atoms with van der Waals surface area (Å²) in [6, 6.07) is 1.69. The van der Waals surface area contributed by atoms with Crippen molar-refractivity contribution in [2.24, 2.45) is 0 Å². The van der Waals surface area contributed by atoms with E-state index in [1.165, 1.54) is 0 Å². The normalized spacial score (nSPS) is 10.3. The van der Waals surface area contributed by atoms with Gasteiger partial charge in [-0.2, -0.15) is 0 Å². The highest BCUT2D eigenvalue weighted by atomic mass is 35.5. The van der Waals surface area contributed by atoms with Crippen molar-refractivity contribution in [2.45, 2.75) is 13.3 Å². The lowest BCUT2D eigenvalue weighted by molar-refractivity contribution is 0.939. The van der Waals surface area contributed by atoms with Gasteiger partial charge in [0.15, 0.2) is 0 Å². The Hall–Kier alpha value is -1.55. The van der Waals surface area contributed by atoms with Crippen LogP contribution in [0.2, 0.25) is 5.15 Å². The molecular weight excluding hydrogens is 212 g/mol. The lowest BCUT2D eigenvalue weighted by atomic mass is 10.3. The van der Waals surface area contributed by atoms with Gasteiger partial charge in [0, 0.05) is 24.9 Å². The first-order chi connectivity index (χ1) is 7.29. The van der Waals surface area contributed by atoms with Crippen molar-refractivity contribution in [3.05, 3.63) is 35.6 Å². The molecule has 76 valence electrons. The van der Waals surface area contributed by atoms with Crippen LogP contribution in [0.5, 0.6) is 0 Å². The van der Waals surface area contributed by atoms with Gasteiger partial charge in [-0.05, 0) is 0 Å². The Bertz CT molecular complexity index is 458. The molecule has 4 nitrogen and oxygen atoms in total. The molecule has 0 N–H and O–H groups in total.